The van der Waals surface area contributed by atoms with Crippen LogP contribution in [0.5, 0.6) is 0 Å². The fourth-order valence-corrected chi connectivity index (χ4v) is 1.94. The average Bonchev–Trinajstić information content (AvgIpc) is 2.81. The maximum absolute atomic E-state index is 11.9. The lowest BCUT2D eigenvalue weighted by atomic mass is 10.2. The number of aromatic carboxylic acids is 1. The Labute approximate surface area is 120 Å². The van der Waals surface area contributed by atoms with Crippen LogP contribution in [0.2, 0.25) is 5.02 Å². The van der Waals surface area contributed by atoms with E-state index >= 15 is 0 Å². The predicted molar refractivity (Wildman–Crippen MR) is 72.7 cm³/mol. The maximum Gasteiger partial charge on any atom is 0.353 e. The average molecular weight is 345 g/mol. The molecule has 2 rings (SSSR count). The van der Waals surface area contributed by atoms with E-state index in [0.29, 0.717) is 4.47 Å². The number of carboxylic acids is 1. The van der Waals surface area contributed by atoms with E-state index in [2.05, 4.69) is 31.4 Å². The number of amides is 1. The number of hydrogen-bond acceptors (Lipinski definition) is 3. The molecular weight excluding hydrogens is 337 g/mol. The van der Waals surface area contributed by atoms with Crippen molar-refractivity contribution in [3.63, 3.8) is 0 Å². The number of rotatable bonds is 3. The quantitative estimate of drug-likeness (QED) is 0.798. The van der Waals surface area contributed by atoms with Gasteiger partial charge in [0.1, 0.15) is 5.69 Å². The molecule has 0 aliphatic rings. The Kier molecular flexibility index (Phi) is 3.87. The van der Waals surface area contributed by atoms with Gasteiger partial charge < -0.3 is 10.4 Å². The number of anilines is 1. The van der Waals surface area contributed by atoms with Gasteiger partial charge in [0, 0.05) is 10.5 Å². The van der Waals surface area contributed by atoms with Crippen LogP contribution in [0.1, 0.15) is 20.8 Å². The van der Waals surface area contributed by atoms with E-state index in [4.69, 9.17) is 16.7 Å². The number of carbonyl (C=O) groups excluding carboxylic acids is 1. The van der Waals surface area contributed by atoms with Crippen LogP contribution >= 0.6 is 27.5 Å². The Morgan fingerprint density at radius 2 is 2.16 bits per heavy atom. The lowest BCUT2D eigenvalue weighted by molar-refractivity contribution is 0.0690. The zero-order valence-electron chi connectivity index (χ0n) is 9.28. The molecule has 19 heavy (non-hydrogen) atoms. The van der Waals surface area contributed by atoms with E-state index in [1.54, 1.807) is 18.2 Å². The molecule has 0 fully saturated rings. The molecule has 8 heteroatoms. The highest BCUT2D eigenvalue weighted by Crippen LogP contribution is 2.26. The number of aromatic amines is 1. The first-order valence-electron chi connectivity index (χ1n) is 5.03. The SMILES string of the molecule is O=C(O)c1cc(NC(=O)c2cccc(Br)c2Cl)n[nH]1. The molecule has 0 unspecified atom stereocenters. The monoisotopic (exact) mass is 343 g/mol. The summed E-state index contributed by atoms with van der Waals surface area (Å²) in [7, 11) is 0. The molecule has 0 aliphatic heterocycles. The summed E-state index contributed by atoms with van der Waals surface area (Å²) < 4.78 is 0.593. The summed E-state index contributed by atoms with van der Waals surface area (Å²) in [6.45, 7) is 0. The number of nitrogens with one attached hydrogen (secondary N) is 2. The van der Waals surface area contributed by atoms with Crippen molar-refractivity contribution in [1.82, 2.24) is 10.2 Å². The molecule has 0 saturated heterocycles. The minimum absolute atomic E-state index is 0.110. The first-order valence-corrected chi connectivity index (χ1v) is 6.20. The van der Waals surface area contributed by atoms with Crippen molar-refractivity contribution >= 4 is 45.2 Å². The number of aromatic nitrogens is 2. The van der Waals surface area contributed by atoms with Gasteiger partial charge in [-0.15, -0.1) is 0 Å². The Bertz CT molecular complexity index is 656. The smallest absolute Gasteiger partial charge is 0.353 e. The molecule has 1 aromatic heterocycles. The summed E-state index contributed by atoms with van der Waals surface area (Å²) in [5, 5.41) is 17.4. The second-order valence-corrected chi connectivity index (χ2v) is 4.76. The van der Waals surface area contributed by atoms with Gasteiger partial charge in [-0.25, -0.2) is 4.79 Å². The molecular formula is C11H7BrClN3O3. The molecule has 0 saturated carbocycles. The van der Waals surface area contributed by atoms with Crippen LogP contribution in [0.4, 0.5) is 5.82 Å². The van der Waals surface area contributed by atoms with Crippen LogP contribution in [-0.2, 0) is 0 Å². The minimum Gasteiger partial charge on any atom is -0.477 e. The molecule has 0 bridgehead atoms. The third-order valence-electron chi connectivity index (χ3n) is 2.25. The number of carboxylic acid groups (broad SMARTS) is 1. The topological polar surface area (TPSA) is 95.1 Å². The summed E-state index contributed by atoms with van der Waals surface area (Å²) in [5.41, 5.74) is 0.145. The van der Waals surface area contributed by atoms with Gasteiger partial charge in [-0.3, -0.25) is 9.89 Å². The molecule has 3 N–H and O–H groups in total. The lowest BCUT2D eigenvalue weighted by Crippen LogP contribution is -2.12. The van der Waals surface area contributed by atoms with Crippen molar-refractivity contribution in [2.45, 2.75) is 0 Å². The molecule has 1 heterocycles. The van der Waals surface area contributed by atoms with E-state index in [9.17, 15) is 9.59 Å². The first kappa shape index (κ1) is 13.6. The largest absolute Gasteiger partial charge is 0.477 e. The molecule has 2 aromatic rings. The van der Waals surface area contributed by atoms with Crippen LogP contribution in [0, 0.1) is 0 Å². The summed E-state index contributed by atoms with van der Waals surface area (Å²) in [6.07, 6.45) is 0. The highest BCUT2D eigenvalue weighted by atomic mass is 79.9. The van der Waals surface area contributed by atoms with Gasteiger partial charge in [-0.05, 0) is 28.1 Å². The van der Waals surface area contributed by atoms with Crippen LogP contribution in [-0.4, -0.2) is 27.2 Å². The fraction of sp³-hybridized carbons (Fsp3) is 0. The lowest BCUT2D eigenvalue weighted by Gasteiger charge is -2.05. The van der Waals surface area contributed by atoms with E-state index in [1.807, 2.05) is 0 Å². The second kappa shape index (κ2) is 5.41. The summed E-state index contributed by atoms with van der Waals surface area (Å²) >= 11 is 9.19. The van der Waals surface area contributed by atoms with E-state index in [1.165, 1.54) is 6.07 Å². The number of H-pyrrole nitrogens is 1. The fourth-order valence-electron chi connectivity index (χ4n) is 1.36. The number of hydrogen-bond donors (Lipinski definition) is 3. The normalized spacial score (nSPS) is 10.2. The van der Waals surface area contributed by atoms with Crippen LogP contribution in [0.25, 0.3) is 0 Å². The highest BCUT2D eigenvalue weighted by molar-refractivity contribution is 9.10. The van der Waals surface area contributed by atoms with Crippen molar-refractivity contribution in [2.75, 3.05) is 5.32 Å². The zero-order chi connectivity index (χ0) is 14.0. The molecule has 0 spiro atoms. The van der Waals surface area contributed by atoms with E-state index in [0.717, 1.165) is 0 Å². The Balaban J connectivity index is 2.21. The van der Waals surface area contributed by atoms with Gasteiger partial charge >= 0.3 is 5.97 Å². The van der Waals surface area contributed by atoms with Crippen LogP contribution in [0.15, 0.2) is 28.7 Å². The number of carbonyl (C=O) groups is 2. The van der Waals surface area contributed by atoms with Crippen molar-refractivity contribution in [1.29, 1.82) is 0 Å². The van der Waals surface area contributed by atoms with Gasteiger partial charge in [0.15, 0.2) is 5.82 Å². The Morgan fingerprint density at radius 1 is 1.42 bits per heavy atom. The van der Waals surface area contributed by atoms with Crippen LogP contribution in [0.3, 0.4) is 0 Å². The minimum atomic E-state index is -1.16. The molecule has 1 amide bonds. The van der Waals surface area contributed by atoms with Gasteiger partial charge in [-0.1, -0.05) is 17.7 Å². The van der Waals surface area contributed by atoms with Crippen molar-refractivity contribution in [2.24, 2.45) is 0 Å². The molecule has 0 atom stereocenters. The van der Waals surface area contributed by atoms with Gasteiger partial charge in [-0.2, -0.15) is 5.10 Å². The molecule has 98 valence electrons. The zero-order valence-corrected chi connectivity index (χ0v) is 11.6. The van der Waals surface area contributed by atoms with Gasteiger partial charge in [0.05, 0.1) is 10.6 Å². The molecule has 1 aromatic carbocycles. The third kappa shape index (κ3) is 2.94. The summed E-state index contributed by atoms with van der Waals surface area (Å²) in [4.78, 5) is 22.6. The van der Waals surface area contributed by atoms with Crippen molar-refractivity contribution < 1.29 is 14.7 Å². The highest BCUT2D eigenvalue weighted by Gasteiger charge is 2.15. The molecule has 6 nitrogen and oxygen atoms in total. The van der Waals surface area contributed by atoms with E-state index < -0.39 is 11.9 Å². The standard InChI is InChI=1S/C11H7BrClN3O3/c12-6-3-1-2-5(9(6)13)10(17)14-8-4-7(11(18)19)15-16-8/h1-4H,(H,18,19)(H2,14,15,16,17). The van der Waals surface area contributed by atoms with E-state index in [-0.39, 0.29) is 22.1 Å². The number of benzene rings is 1. The summed E-state index contributed by atoms with van der Waals surface area (Å²) in [6, 6.07) is 6.13. The predicted octanol–water partition coefficient (Wildman–Crippen LogP) is 2.78. The molecule has 0 aliphatic carbocycles. The second-order valence-electron chi connectivity index (χ2n) is 3.53. The van der Waals surface area contributed by atoms with Crippen LogP contribution < -0.4 is 5.32 Å². The van der Waals surface area contributed by atoms with Crippen molar-refractivity contribution in [3.05, 3.63) is 45.0 Å². The third-order valence-corrected chi connectivity index (χ3v) is 3.54. The summed E-state index contributed by atoms with van der Waals surface area (Å²) in [5.74, 6) is -1.53. The maximum atomic E-state index is 11.9. The molecule has 0 radical (unpaired) electrons. The van der Waals surface area contributed by atoms with Crippen molar-refractivity contribution in [3.8, 4) is 0 Å². The number of nitrogens with zero attached hydrogens (tertiary/aromatic N) is 1. The van der Waals surface area contributed by atoms with Gasteiger partial charge in [0.25, 0.3) is 5.91 Å². The Hall–Kier alpha value is -1.86. The Morgan fingerprint density at radius 3 is 2.79 bits per heavy atom. The first-order chi connectivity index (χ1) is 8.99. The van der Waals surface area contributed by atoms with Gasteiger partial charge in [0.2, 0.25) is 0 Å². The number of halogens is 2.